The molecule has 0 saturated heterocycles. The van der Waals surface area contributed by atoms with Gasteiger partial charge in [-0.05, 0) is 18.9 Å². The van der Waals surface area contributed by atoms with Crippen LogP contribution in [0.25, 0.3) is 0 Å². The van der Waals surface area contributed by atoms with Crippen LogP contribution in [0.5, 0.6) is 0 Å². The lowest BCUT2D eigenvalue weighted by atomic mass is 10.2. The molecule has 0 fully saturated rings. The average Bonchev–Trinajstić information content (AvgIpc) is 2.14. The fraction of sp³-hybridized carbons (Fsp3) is 0.556. The molecule has 13 heavy (non-hydrogen) atoms. The van der Waals surface area contributed by atoms with Crippen LogP contribution in [0.1, 0.15) is 12.6 Å². The van der Waals surface area contributed by atoms with Crippen LogP contribution in [-0.2, 0) is 0 Å². The number of rotatable bonds is 4. The predicted octanol–water partition coefficient (Wildman–Crippen LogP) is 2.07. The molecule has 0 aliphatic heterocycles. The lowest BCUT2D eigenvalue weighted by Crippen LogP contribution is -2.14. The van der Waals surface area contributed by atoms with Crippen LogP contribution in [0.2, 0.25) is 0 Å². The van der Waals surface area contributed by atoms with Gasteiger partial charge in [-0.2, -0.15) is 0 Å². The summed E-state index contributed by atoms with van der Waals surface area (Å²) in [6.45, 7) is 4.83. The molecule has 0 radical (unpaired) electrons. The molecule has 0 amide bonds. The second kappa shape index (κ2) is 5.02. The molecule has 0 aromatic carbocycles. The minimum absolute atomic E-state index is 0.436. The molecule has 1 aromatic rings. The number of hydrogen-bond acceptors (Lipinski definition) is 3. The van der Waals surface area contributed by atoms with E-state index < -0.39 is 0 Å². The molecule has 4 heteroatoms. The number of anilines is 1. The van der Waals surface area contributed by atoms with E-state index in [9.17, 15) is 0 Å². The summed E-state index contributed by atoms with van der Waals surface area (Å²) < 4.78 is 0. The number of alkyl halides is 1. The first-order valence-electron chi connectivity index (χ1n) is 4.32. The van der Waals surface area contributed by atoms with Crippen molar-refractivity contribution in [2.75, 3.05) is 17.7 Å². The summed E-state index contributed by atoms with van der Waals surface area (Å²) in [4.78, 5) is 8.29. The summed E-state index contributed by atoms with van der Waals surface area (Å²) in [5, 5.41) is 3.13. The van der Waals surface area contributed by atoms with Crippen LogP contribution in [0, 0.1) is 12.8 Å². The highest BCUT2D eigenvalue weighted by Crippen LogP contribution is 2.02. The summed E-state index contributed by atoms with van der Waals surface area (Å²) in [5.74, 6) is 1.77. The first kappa shape index (κ1) is 10.3. The largest absolute Gasteiger partial charge is 0.354 e. The number of halogens is 1. The highest BCUT2D eigenvalue weighted by atomic mass is 35.5. The van der Waals surface area contributed by atoms with Crippen molar-refractivity contribution >= 4 is 17.5 Å². The molecule has 0 spiro atoms. The summed E-state index contributed by atoms with van der Waals surface area (Å²) >= 11 is 5.67. The van der Waals surface area contributed by atoms with Crippen LogP contribution in [-0.4, -0.2) is 22.4 Å². The molecular formula is C9H14ClN3. The molecule has 1 atom stereocenters. The lowest BCUT2D eigenvalue weighted by molar-refractivity contribution is 0.692. The zero-order valence-corrected chi connectivity index (χ0v) is 8.67. The van der Waals surface area contributed by atoms with Gasteiger partial charge in [-0.1, -0.05) is 6.92 Å². The lowest BCUT2D eigenvalue weighted by Gasteiger charge is -2.08. The van der Waals surface area contributed by atoms with Gasteiger partial charge >= 0.3 is 0 Å². The van der Waals surface area contributed by atoms with E-state index in [1.807, 2.05) is 13.0 Å². The number of hydrogen-bond donors (Lipinski definition) is 1. The van der Waals surface area contributed by atoms with Gasteiger partial charge in [0, 0.05) is 24.3 Å². The molecule has 1 aromatic heterocycles. The van der Waals surface area contributed by atoms with E-state index in [1.54, 1.807) is 6.20 Å². The minimum atomic E-state index is 0.436. The Morgan fingerprint density at radius 2 is 2.38 bits per heavy atom. The van der Waals surface area contributed by atoms with E-state index in [-0.39, 0.29) is 0 Å². The fourth-order valence-corrected chi connectivity index (χ4v) is 0.963. The first-order valence-corrected chi connectivity index (χ1v) is 4.85. The van der Waals surface area contributed by atoms with Crippen molar-refractivity contribution in [2.24, 2.45) is 5.92 Å². The summed E-state index contributed by atoms with van der Waals surface area (Å²) in [6, 6.07) is 1.87. The maximum absolute atomic E-state index is 5.67. The second-order valence-corrected chi connectivity index (χ2v) is 3.47. The minimum Gasteiger partial charge on any atom is -0.354 e. The molecule has 72 valence electrons. The van der Waals surface area contributed by atoms with Crippen LogP contribution < -0.4 is 5.32 Å². The van der Waals surface area contributed by atoms with Crippen LogP contribution in [0.3, 0.4) is 0 Å². The molecule has 0 saturated carbocycles. The molecule has 0 aliphatic rings. The Kier molecular flexibility index (Phi) is 3.96. The van der Waals surface area contributed by atoms with Gasteiger partial charge < -0.3 is 5.32 Å². The Bertz CT molecular complexity index is 265. The van der Waals surface area contributed by atoms with Crippen molar-refractivity contribution in [2.45, 2.75) is 13.8 Å². The van der Waals surface area contributed by atoms with Gasteiger partial charge in [0.05, 0.1) is 0 Å². The van der Waals surface area contributed by atoms with E-state index in [0.29, 0.717) is 17.7 Å². The smallest absolute Gasteiger partial charge is 0.222 e. The molecule has 1 heterocycles. The van der Waals surface area contributed by atoms with Gasteiger partial charge in [0.25, 0.3) is 0 Å². The third-order valence-corrected chi connectivity index (χ3v) is 2.19. The van der Waals surface area contributed by atoms with Crippen molar-refractivity contribution in [1.29, 1.82) is 0 Å². The molecular weight excluding hydrogens is 186 g/mol. The van der Waals surface area contributed by atoms with Crippen LogP contribution in [0.15, 0.2) is 12.3 Å². The molecule has 1 N–H and O–H groups in total. The molecule has 3 nitrogen and oxygen atoms in total. The molecule has 1 rings (SSSR count). The predicted molar refractivity (Wildman–Crippen MR) is 55.1 cm³/mol. The van der Waals surface area contributed by atoms with E-state index >= 15 is 0 Å². The van der Waals surface area contributed by atoms with Crippen molar-refractivity contribution in [1.82, 2.24) is 9.97 Å². The standard InChI is InChI=1S/C9H14ClN3/c1-7(5-10)6-12-9-11-4-3-8(2)13-9/h3-4,7H,5-6H2,1-2H3,(H,11,12,13). The van der Waals surface area contributed by atoms with E-state index in [2.05, 4.69) is 22.2 Å². The molecule has 0 bridgehead atoms. The van der Waals surface area contributed by atoms with Crippen molar-refractivity contribution in [3.05, 3.63) is 18.0 Å². The van der Waals surface area contributed by atoms with Crippen molar-refractivity contribution < 1.29 is 0 Å². The topological polar surface area (TPSA) is 37.8 Å². The molecule has 1 unspecified atom stereocenters. The Hall–Kier alpha value is -0.830. The maximum atomic E-state index is 5.67. The Morgan fingerprint density at radius 3 is 3.00 bits per heavy atom. The third kappa shape index (κ3) is 3.59. The number of aryl methyl sites for hydroxylation is 1. The monoisotopic (exact) mass is 199 g/mol. The number of aromatic nitrogens is 2. The van der Waals surface area contributed by atoms with Crippen LogP contribution >= 0.6 is 11.6 Å². The highest BCUT2D eigenvalue weighted by Gasteiger charge is 2.00. The average molecular weight is 200 g/mol. The summed E-state index contributed by atoms with van der Waals surface area (Å²) in [7, 11) is 0. The van der Waals surface area contributed by atoms with Gasteiger partial charge in [-0.25, -0.2) is 9.97 Å². The van der Waals surface area contributed by atoms with E-state index in [0.717, 1.165) is 12.2 Å². The van der Waals surface area contributed by atoms with E-state index in [1.165, 1.54) is 0 Å². The quantitative estimate of drug-likeness (QED) is 0.755. The Balaban J connectivity index is 2.45. The van der Waals surface area contributed by atoms with Crippen molar-refractivity contribution in [3.63, 3.8) is 0 Å². The zero-order chi connectivity index (χ0) is 9.68. The van der Waals surface area contributed by atoms with Gasteiger partial charge in [0.2, 0.25) is 5.95 Å². The number of nitrogens with one attached hydrogen (secondary N) is 1. The van der Waals surface area contributed by atoms with Crippen LogP contribution in [0.4, 0.5) is 5.95 Å². The summed E-state index contributed by atoms with van der Waals surface area (Å²) in [5.41, 5.74) is 0.969. The second-order valence-electron chi connectivity index (χ2n) is 3.16. The fourth-order valence-electron chi connectivity index (χ4n) is 0.854. The maximum Gasteiger partial charge on any atom is 0.222 e. The zero-order valence-electron chi connectivity index (χ0n) is 7.92. The summed E-state index contributed by atoms with van der Waals surface area (Å²) in [6.07, 6.45) is 1.75. The first-order chi connectivity index (χ1) is 6.22. The van der Waals surface area contributed by atoms with Gasteiger partial charge in [0.1, 0.15) is 0 Å². The third-order valence-electron chi connectivity index (χ3n) is 1.67. The number of nitrogens with zero attached hydrogens (tertiary/aromatic N) is 2. The SMILES string of the molecule is Cc1ccnc(NCC(C)CCl)n1. The van der Waals surface area contributed by atoms with Gasteiger partial charge in [-0.3, -0.25) is 0 Å². The van der Waals surface area contributed by atoms with Crippen molar-refractivity contribution in [3.8, 4) is 0 Å². The Morgan fingerprint density at radius 1 is 1.62 bits per heavy atom. The Labute approximate surface area is 83.5 Å². The van der Waals surface area contributed by atoms with Gasteiger partial charge in [-0.15, -0.1) is 11.6 Å². The molecule has 0 aliphatic carbocycles. The highest BCUT2D eigenvalue weighted by molar-refractivity contribution is 6.18. The van der Waals surface area contributed by atoms with E-state index in [4.69, 9.17) is 11.6 Å². The van der Waals surface area contributed by atoms with Gasteiger partial charge in [0.15, 0.2) is 0 Å². The normalized spacial score (nSPS) is 12.5.